The van der Waals surface area contributed by atoms with E-state index in [2.05, 4.69) is 15.0 Å². The van der Waals surface area contributed by atoms with Crippen LogP contribution < -0.4 is 5.56 Å². The molecule has 78 valence electrons. The standard InChI is InChI=1S/C9H9IN4O/c1-5-6(10)9(15)13-7(12-5)8-11-3-4-14(8)2/h3-4H,1-2H3,(H,12,13,15). The molecule has 15 heavy (non-hydrogen) atoms. The van der Waals surface area contributed by atoms with Crippen molar-refractivity contribution in [3.8, 4) is 11.6 Å². The molecule has 2 aromatic heterocycles. The summed E-state index contributed by atoms with van der Waals surface area (Å²) in [7, 11) is 1.86. The summed E-state index contributed by atoms with van der Waals surface area (Å²) in [5.41, 5.74) is 0.596. The maximum Gasteiger partial charge on any atom is 0.264 e. The molecule has 2 aromatic rings. The van der Waals surface area contributed by atoms with Crippen molar-refractivity contribution >= 4 is 22.6 Å². The van der Waals surface area contributed by atoms with Crippen LogP contribution in [0.1, 0.15) is 5.69 Å². The van der Waals surface area contributed by atoms with E-state index in [4.69, 9.17) is 0 Å². The van der Waals surface area contributed by atoms with Crippen LogP contribution in [0.25, 0.3) is 11.6 Å². The third kappa shape index (κ3) is 1.81. The van der Waals surface area contributed by atoms with Crippen molar-refractivity contribution < 1.29 is 0 Å². The quantitative estimate of drug-likeness (QED) is 0.801. The molecule has 0 unspecified atom stereocenters. The normalized spacial score (nSPS) is 10.6. The number of halogens is 1. The summed E-state index contributed by atoms with van der Waals surface area (Å²) in [6, 6.07) is 0. The average molecular weight is 316 g/mol. The second-order valence-corrected chi connectivity index (χ2v) is 4.25. The van der Waals surface area contributed by atoms with Crippen LogP contribution in [0.4, 0.5) is 0 Å². The Morgan fingerprint density at radius 3 is 2.80 bits per heavy atom. The number of aryl methyl sites for hydroxylation is 2. The highest BCUT2D eigenvalue weighted by molar-refractivity contribution is 14.1. The summed E-state index contributed by atoms with van der Waals surface area (Å²) in [6.45, 7) is 1.81. The molecule has 0 spiro atoms. The summed E-state index contributed by atoms with van der Waals surface area (Å²) in [6.07, 6.45) is 3.48. The molecule has 0 bridgehead atoms. The highest BCUT2D eigenvalue weighted by Crippen LogP contribution is 2.11. The van der Waals surface area contributed by atoms with Gasteiger partial charge in [0.25, 0.3) is 5.56 Å². The predicted octanol–water partition coefficient (Wildman–Crippen LogP) is 1.08. The number of hydrogen-bond acceptors (Lipinski definition) is 3. The van der Waals surface area contributed by atoms with Gasteiger partial charge in [-0.3, -0.25) is 4.79 Å². The lowest BCUT2D eigenvalue weighted by Crippen LogP contribution is -2.15. The molecule has 0 aliphatic heterocycles. The van der Waals surface area contributed by atoms with E-state index < -0.39 is 0 Å². The van der Waals surface area contributed by atoms with Crippen molar-refractivity contribution in [1.82, 2.24) is 19.5 Å². The number of rotatable bonds is 1. The maximum atomic E-state index is 11.5. The zero-order valence-corrected chi connectivity index (χ0v) is 10.4. The Labute approximate surface area is 99.7 Å². The minimum Gasteiger partial charge on any atom is -0.331 e. The first-order chi connectivity index (χ1) is 7.09. The fourth-order valence-corrected chi connectivity index (χ4v) is 1.53. The summed E-state index contributed by atoms with van der Waals surface area (Å²) in [5, 5.41) is 0. The highest BCUT2D eigenvalue weighted by atomic mass is 127. The zero-order valence-electron chi connectivity index (χ0n) is 8.28. The minimum absolute atomic E-state index is 0.124. The Bertz CT molecular complexity index is 557. The van der Waals surface area contributed by atoms with Gasteiger partial charge in [0.15, 0.2) is 11.6 Å². The fraction of sp³-hybridized carbons (Fsp3) is 0.222. The number of aromatic nitrogens is 4. The molecule has 0 aromatic carbocycles. The number of nitrogens with zero attached hydrogens (tertiary/aromatic N) is 3. The number of imidazole rings is 1. The molecule has 1 N–H and O–H groups in total. The maximum absolute atomic E-state index is 11.5. The van der Waals surface area contributed by atoms with Crippen LogP contribution in [0, 0.1) is 10.5 Å². The monoisotopic (exact) mass is 316 g/mol. The van der Waals surface area contributed by atoms with E-state index in [1.165, 1.54) is 0 Å². The fourth-order valence-electron chi connectivity index (χ4n) is 1.27. The minimum atomic E-state index is -0.124. The predicted molar refractivity (Wildman–Crippen MR) is 64.5 cm³/mol. The first-order valence-corrected chi connectivity index (χ1v) is 5.41. The highest BCUT2D eigenvalue weighted by Gasteiger charge is 2.09. The zero-order chi connectivity index (χ0) is 11.0. The van der Waals surface area contributed by atoms with Crippen LogP contribution in [0.5, 0.6) is 0 Å². The third-order valence-corrected chi connectivity index (χ3v) is 3.33. The van der Waals surface area contributed by atoms with Crippen LogP contribution in [-0.4, -0.2) is 19.5 Å². The van der Waals surface area contributed by atoms with Crippen LogP contribution >= 0.6 is 22.6 Å². The first kappa shape index (κ1) is 10.3. The third-order valence-electron chi connectivity index (χ3n) is 2.06. The van der Waals surface area contributed by atoms with Gasteiger partial charge in [-0.1, -0.05) is 0 Å². The van der Waals surface area contributed by atoms with E-state index >= 15 is 0 Å². The van der Waals surface area contributed by atoms with E-state index in [1.807, 2.05) is 47.3 Å². The summed E-state index contributed by atoms with van der Waals surface area (Å²) < 4.78 is 2.43. The van der Waals surface area contributed by atoms with E-state index in [0.29, 0.717) is 15.2 Å². The lowest BCUT2D eigenvalue weighted by molar-refractivity contribution is 0.896. The van der Waals surface area contributed by atoms with Crippen LogP contribution in [0.3, 0.4) is 0 Å². The number of H-pyrrole nitrogens is 1. The van der Waals surface area contributed by atoms with E-state index in [0.717, 1.165) is 5.69 Å². The molecule has 0 amide bonds. The van der Waals surface area contributed by atoms with Crippen LogP contribution in [-0.2, 0) is 7.05 Å². The number of aromatic amines is 1. The molecule has 6 heteroatoms. The van der Waals surface area contributed by atoms with E-state index in [9.17, 15) is 4.79 Å². The Kier molecular flexibility index (Phi) is 2.59. The number of nitrogens with one attached hydrogen (secondary N) is 1. The van der Waals surface area contributed by atoms with Gasteiger partial charge in [0, 0.05) is 19.4 Å². The van der Waals surface area contributed by atoms with Gasteiger partial charge in [-0.25, -0.2) is 9.97 Å². The van der Waals surface area contributed by atoms with Crippen LogP contribution in [0.2, 0.25) is 0 Å². The van der Waals surface area contributed by atoms with E-state index in [-0.39, 0.29) is 5.56 Å². The SMILES string of the molecule is Cc1nc(-c2nccn2C)[nH]c(=O)c1I. The average Bonchev–Trinajstić information content (AvgIpc) is 2.60. The van der Waals surface area contributed by atoms with Gasteiger partial charge < -0.3 is 9.55 Å². The van der Waals surface area contributed by atoms with Crippen LogP contribution in [0.15, 0.2) is 17.2 Å². The van der Waals surface area contributed by atoms with Crippen molar-refractivity contribution in [3.05, 3.63) is 32.0 Å². The van der Waals surface area contributed by atoms with Gasteiger partial charge in [0.1, 0.15) is 0 Å². The molecule has 2 rings (SSSR count). The van der Waals surface area contributed by atoms with Crippen molar-refractivity contribution in [2.75, 3.05) is 0 Å². The Morgan fingerprint density at radius 1 is 1.53 bits per heavy atom. The Morgan fingerprint density at radius 2 is 2.27 bits per heavy atom. The Hall–Kier alpha value is -1.18. The molecule has 0 aliphatic rings. The smallest absolute Gasteiger partial charge is 0.264 e. The van der Waals surface area contributed by atoms with Gasteiger partial charge in [0.2, 0.25) is 0 Å². The molecular formula is C9H9IN4O. The first-order valence-electron chi connectivity index (χ1n) is 4.33. The topological polar surface area (TPSA) is 63.6 Å². The molecule has 2 heterocycles. The van der Waals surface area contributed by atoms with Crippen molar-refractivity contribution in [3.63, 3.8) is 0 Å². The molecule has 0 fully saturated rings. The van der Waals surface area contributed by atoms with Gasteiger partial charge in [0.05, 0.1) is 9.26 Å². The van der Waals surface area contributed by atoms with Crippen molar-refractivity contribution in [1.29, 1.82) is 0 Å². The second kappa shape index (κ2) is 3.76. The van der Waals surface area contributed by atoms with Gasteiger partial charge in [-0.05, 0) is 29.5 Å². The molecule has 0 atom stereocenters. The molecule has 0 aliphatic carbocycles. The molecule has 5 nitrogen and oxygen atoms in total. The van der Waals surface area contributed by atoms with Gasteiger partial charge >= 0.3 is 0 Å². The molecule has 0 saturated carbocycles. The number of hydrogen-bond donors (Lipinski definition) is 1. The summed E-state index contributed by atoms with van der Waals surface area (Å²) >= 11 is 1.98. The summed E-state index contributed by atoms with van der Waals surface area (Å²) in [5.74, 6) is 1.16. The van der Waals surface area contributed by atoms with Crippen molar-refractivity contribution in [2.45, 2.75) is 6.92 Å². The van der Waals surface area contributed by atoms with Gasteiger partial charge in [-0.15, -0.1) is 0 Å². The molecule has 0 saturated heterocycles. The lowest BCUT2D eigenvalue weighted by Gasteiger charge is -2.02. The molecular weight excluding hydrogens is 307 g/mol. The Balaban J connectivity index is 2.66. The van der Waals surface area contributed by atoms with Gasteiger partial charge in [-0.2, -0.15) is 0 Å². The second-order valence-electron chi connectivity index (χ2n) is 3.18. The molecule has 0 radical (unpaired) electrons. The van der Waals surface area contributed by atoms with Crippen molar-refractivity contribution in [2.24, 2.45) is 7.05 Å². The largest absolute Gasteiger partial charge is 0.331 e. The summed E-state index contributed by atoms with van der Waals surface area (Å²) in [4.78, 5) is 22.6. The van der Waals surface area contributed by atoms with E-state index in [1.54, 1.807) is 6.20 Å². The lowest BCUT2D eigenvalue weighted by atomic mass is 10.4.